The fraction of sp³-hybridized carbons (Fsp3) is 0.615. The van der Waals surface area contributed by atoms with E-state index in [9.17, 15) is 0 Å². The molecule has 17 heavy (non-hydrogen) atoms. The van der Waals surface area contributed by atoms with Crippen LogP contribution in [-0.4, -0.2) is 48.8 Å². The lowest BCUT2D eigenvalue weighted by atomic mass is 10.2. The van der Waals surface area contributed by atoms with Gasteiger partial charge in [0.1, 0.15) is 0 Å². The third kappa shape index (κ3) is 3.41. The fourth-order valence-electron chi connectivity index (χ4n) is 2.09. The van der Waals surface area contributed by atoms with E-state index in [1.165, 1.54) is 5.56 Å². The summed E-state index contributed by atoms with van der Waals surface area (Å²) in [5.41, 5.74) is 2.33. The van der Waals surface area contributed by atoms with E-state index in [0.29, 0.717) is 0 Å². The van der Waals surface area contributed by atoms with Crippen LogP contribution in [0, 0.1) is 6.92 Å². The second-order valence-corrected chi connectivity index (χ2v) is 4.46. The Hall–Kier alpha value is -1.13. The van der Waals surface area contributed by atoms with Crippen LogP contribution in [-0.2, 0) is 4.74 Å². The predicted molar refractivity (Wildman–Crippen MR) is 69.3 cm³/mol. The molecule has 1 aliphatic rings. The molecule has 0 radical (unpaired) electrons. The first-order valence-corrected chi connectivity index (χ1v) is 6.28. The lowest BCUT2D eigenvalue weighted by molar-refractivity contribution is -0.0191. The first kappa shape index (κ1) is 12.3. The van der Waals surface area contributed by atoms with Crippen molar-refractivity contribution in [3.63, 3.8) is 0 Å². The Balaban J connectivity index is 1.84. The summed E-state index contributed by atoms with van der Waals surface area (Å²) in [6, 6.07) is 2.01. The summed E-state index contributed by atoms with van der Waals surface area (Å²) in [6.07, 6.45) is 3.98. The van der Waals surface area contributed by atoms with Crippen molar-refractivity contribution in [1.29, 1.82) is 0 Å². The molecule has 94 valence electrons. The lowest BCUT2D eigenvalue weighted by Gasteiger charge is -2.32. The molecule has 4 heteroatoms. The van der Waals surface area contributed by atoms with Gasteiger partial charge in [-0.1, -0.05) is 6.92 Å². The molecule has 0 bridgehead atoms. The molecule has 2 rings (SSSR count). The molecule has 1 fully saturated rings. The Kier molecular flexibility index (Phi) is 4.34. The molecular weight excluding hydrogens is 214 g/mol. The van der Waals surface area contributed by atoms with Gasteiger partial charge in [-0.25, -0.2) is 0 Å². The maximum absolute atomic E-state index is 5.75. The molecule has 0 amide bonds. The second-order valence-electron chi connectivity index (χ2n) is 4.46. The number of anilines is 1. The maximum Gasteiger partial charge on any atom is 0.0874 e. The van der Waals surface area contributed by atoms with E-state index < -0.39 is 0 Å². The van der Waals surface area contributed by atoms with Crippen LogP contribution in [0.4, 0.5) is 5.69 Å². The highest BCUT2D eigenvalue weighted by molar-refractivity contribution is 5.48. The topological polar surface area (TPSA) is 37.4 Å². The van der Waals surface area contributed by atoms with Gasteiger partial charge in [0.2, 0.25) is 0 Å². The number of likely N-dealkylation sites (N-methyl/N-ethyl adjacent to an activating group) is 1. The molecule has 1 N–H and O–H groups in total. The molecule has 1 unspecified atom stereocenters. The van der Waals surface area contributed by atoms with Crippen LogP contribution in [0.1, 0.15) is 12.5 Å². The zero-order valence-electron chi connectivity index (χ0n) is 10.6. The summed E-state index contributed by atoms with van der Waals surface area (Å²) in [7, 11) is 0. The average molecular weight is 235 g/mol. The van der Waals surface area contributed by atoms with E-state index in [1.807, 2.05) is 18.5 Å². The van der Waals surface area contributed by atoms with Crippen LogP contribution in [0.2, 0.25) is 0 Å². The Morgan fingerprint density at radius 2 is 2.47 bits per heavy atom. The number of aryl methyl sites for hydroxylation is 1. The van der Waals surface area contributed by atoms with Crippen LogP contribution in [0.15, 0.2) is 18.5 Å². The van der Waals surface area contributed by atoms with Crippen molar-refractivity contribution in [3.05, 3.63) is 24.0 Å². The summed E-state index contributed by atoms with van der Waals surface area (Å²) >= 11 is 0. The second kappa shape index (κ2) is 5.98. The number of rotatable bonds is 4. The van der Waals surface area contributed by atoms with Gasteiger partial charge in [-0.3, -0.25) is 9.88 Å². The average Bonchev–Trinajstić information content (AvgIpc) is 2.38. The molecule has 1 atom stereocenters. The minimum Gasteiger partial charge on any atom is -0.382 e. The predicted octanol–water partition coefficient (Wildman–Crippen LogP) is 1.52. The minimum absolute atomic E-state index is 0.288. The molecule has 1 aromatic heterocycles. The van der Waals surface area contributed by atoms with Crippen LogP contribution < -0.4 is 5.32 Å². The zero-order valence-corrected chi connectivity index (χ0v) is 10.6. The van der Waals surface area contributed by atoms with Crippen molar-refractivity contribution in [2.45, 2.75) is 20.0 Å². The molecule has 1 aromatic rings. The molecule has 0 spiro atoms. The summed E-state index contributed by atoms with van der Waals surface area (Å²) in [6.45, 7) is 9.15. The first-order valence-electron chi connectivity index (χ1n) is 6.28. The van der Waals surface area contributed by atoms with Crippen molar-refractivity contribution >= 4 is 5.69 Å². The smallest absolute Gasteiger partial charge is 0.0874 e. The van der Waals surface area contributed by atoms with Gasteiger partial charge in [-0.15, -0.1) is 0 Å². The number of pyridine rings is 1. The lowest BCUT2D eigenvalue weighted by Crippen LogP contribution is -2.45. The van der Waals surface area contributed by atoms with Gasteiger partial charge in [-0.2, -0.15) is 0 Å². The number of hydrogen-bond acceptors (Lipinski definition) is 4. The monoisotopic (exact) mass is 235 g/mol. The van der Waals surface area contributed by atoms with E-state index in [0.717, 1.165) is 38.5 Å². The van der Waals surface area contributed by atoms with Gasteiger partial charge in [0.05, 0.1) is 12.7 Å². The van der Waals surface area contributed by atoms with Crippen molar-refractivity contribution in [2.24, 2.45) is 0 Å². The van der Waals surface area contributed by atoms with Crippen molar-refractivity contribution in [2.75, 3.05) is 38.1 Å². The van der Waals surface area contributed by atoms with Crippen LogP contribution in [0.3, 0.4) is 0 Å². The third-order valence-corrected chi connectivity index (χ3v) is 3.21. The summed E-state index contributed by atoms with van der Waals surface area (Å²) in [4.78, 5) is 6.51. The minimum atomic E-state index is 0.288. The third-order valence-electron chi connectivity index (χ3n) is 3.21. The van der Waals surface area contributed by atoms with Gasteiger partial charge in [0.15, 0.2) is 0 Å². The van der Waals surface area contributed by atoms with E-state index >= 15 is 0 Å². The molecule has 2 heterocycles. The summed E-state index contributed by atoms with van der Waals surface area (Å²) < 4.78 is 5.75. The molecular formula is C13H21N3O. The van der Waals surface area contributed by atoms with Crippen LogP contribution >= 0.6 is 0 Å². The van der Waals surface area contributed by atoms with Gasteiger partial charge in [-0.05, 0) is 25.1 Å². The SMILES string of the molecule is CCN1CCOC(CNc2ccncc2C)C1. The van der Waals surface area contributed by atoms with E-state index in [4.69, 9.17) is 4.74 Å². The Morgan fingerprint density at radius 3 is 3.24 bits per heavy atom. The largest absolute Gasteiger partial charge is 0.382 e. The number of nitrogens with one attached hydrogen (secondary N) is 1. The summed E-state index contributed by atoms with van der Waals surface area (Å²) in [5.74, 6) is 0. The van der Waals surface area contributed by atoms with E-state index in [1.54, 1.807) is 0 Å². The zero-order chi connectivity index (χ0) is 12.1. The Bertz CT molecular complexity index is 356. The number of aromatic nitrogens is 1. The van der Waals surface area contributed by atoms with Crippen LogP contribution in [0.5, 0.6) is 0 Å². The molecule has 4 nitrogen and oxygen atoms in total. The van der Waals surface area contributed by atoms with Gasteiger partial charge in [0, 0.05) is 37.7 Å². The molecule has 1 aliphatic heterocycles. The highest BCUT2D eigenvalue weighted by Crippen LogP contribution is 2.12. The fourth-order valence-corrected chi connectivity index (χ4v) is 2.09. The number of morpholine rings is 1. The molecule has 0 aromatic carbocycles. The van der Waals surface area contributed by atoms with Gasteiger partial charge >= 0.3 is 0 Å². The van der Waals surface area contributed by atoms with Crippen LogP contribution in [0.25, 0.3) is 0 Å². The standard InChI is InChI=1S/C13H21N3O/c1-3-16-6-7-17-12(10-16)9-15-13-4-5-14-8-11(13)2/h4-5,8,12H,3,6-7,9-10H2,1-2H3,(H,14,15). The van der Waals surface area contributed by atoms with Gasteiger partial charge in [0.25, 0.3) is 0 Å². The first-order chi connectivity index (χ1) is 8.29. The van der Waals surface area contributed by atoms with Gasteiger partial charge < -0.3 is 10.1 Å². The van der Waals surface area contributed by atoms with Crippen molar-refractivity contribution in [3.8, 4) is 0 Å². The molecule has 1 saturated heterocycles. The highest BCUT2D eigenvalue weighted by Gasteiger charge is 2.18. The highest BCUT2D eigenvalue weighted by atomic mass is 16.5. The van der Waals surface area contributed by atoms with Crippen molar-refractivity contribution in [1.82, 2.24) is 9.88 Å². The Morgan fingerprint density at radius 1 is 1.59 bits per heavy atom. The number of hydrogen-bond donors (Lipinski definition) is 1. The van der Waals surface area contributed by atoms with E-state index in [-0.39, 0.29) is 6.10 Å². The van der Waals surface area contributed by atoms with E-state index in [2.05, 4.69) is 29.0 Å². The quantitative estimate of drug-likeness (QED) is 0.858. The maximum atomic E-state index is 5.75. The summed E-state index contributed by atoms with van der Waals surface area (Å²) in [5, 5.41) is 3.44. The van der Waals surface area contributed by atoms with Crippen molar-refractivity contribution < 1.29 is 4.74 Å². The normalized spacial score (nSPS) is 21.4. The number of ether oxygens (including phenoxy) is 1. The number of nitrogens with zero attached hydrogens (tertiary/aromatic N) is 2. The molecule has 0 saturated carbocycles. The molecule has 0 aliphatic carbocycles. The Labute approximate surface area is 103 Å².